The van der Waals surface area contributed by atoms with Gasteiger partial charge in [0, 0.05) is 23.5 Å². The molecule has 0 unspecified atom stereocenters. The molecule has 0 aliphatic carbocycles. The zero-order valence-corrected chi connectivity index (χ0v) is 18.8. The summed E-state index contributed by atoms with van der Waals surface area (Å²) in [6.45, 7) is 4.02. The number of benzene rings is 3. The number of rotatable bonds is 7. The highest BCUT2D eigenvalue weighted by atomic mass is 16.5. The number of amides is 1. The van der Waals surface area contributed by atoms with Crippen LogP contribution in [0.2, 0.25) is 0 Å². The van der Waals surface area contributed by atoms with Crippen molar-refractivity contribution in [1.82, 2.24) is 15.3 Å². The van der Waals surface area contributed by atoms with Gasteiger partial charge in [0.2, 0.25) is 0 Å². The third-order valence-corrected chi connectivity index (χ3v) is 5.30. The van der Waals surface area contributed by atoms with Crippen LogP contribution in [0.25, 0.3) is 11.1 Å². The second kappa shape index (κ2) is 9.96. The van der Waals surface area contributed by atoms with Gasteiger partial charge in [-0.2, -0.15) is 0 Å². The van der Waals surface area contributed by atoms with Gasteiger partial charge in [0.15, 0.2) is 0 Å². The lowest BCUT2D eigenvalue weighted by Gasteiger charge is -2.15. The van der Waals surface area contributed by atoms with E-state index in [2.05, 4.69) is 15.3 Å². The predicted molar refractivity (Wildman–Crippen MR) is 128 cm³/mol. The van der Waals surface area contributed by atoms with Crippen molar-refractivity contribution in [2.24, 2.45) is 0 Å². The molecular formula is C27H25N3O3. The molecular weight excluding hydrogens is 414 g/mol. The summed E-state index contributed by atoms with van der Waals surface area (Å²) in [7, 11) is 1.61. The van der Waals surface area contributed by atoms with Crippen molar-refractivity contribution in [2.45, 2.75) is 19.9 Å². The first kappa shape index (κ1) is 22.0. The molecule has 0 aliphatic rings. The van der Waals surface area contributed by atoms with E-state index in [1.807, 2.05) is 62.4 Å². The lowest BCUT2D eigenvalue weighted by atomic mass is 10.0. The van der Waals surface area contributed by atoms with Crippen LogP contribution < -0.4 is 14.8 Å². The number of nitrogens with one attached hydrogen (secondary N) is 1. The largest absolute Gasteiger partial charge is 0.497 e. The molecule has 33 heavy (non-hydrogen) atoms. The van der Waals surface area contributed by atoms with Gasteiger partial charge in [-0.05, 0) is 61.4 Å². The smallest absolute Gasteiger partial charge is 0.321 e. The number of aromatic nitrogens is 2. The monoisotopic (exact) mass is 439 g/mol. The number of methoxy groups -OCH3 is 1. The second-order valence-corrected chi connectivity index (χ2v) is 7.72. The van der Waals surface area contributed by atoms with E-state index in [4.69, 9.17) is 9.47 Å². The number of carbonyl (C=O) groups excluding carboxylic acids is 1. The summed E-state index contributed by atoms with van der Waals surface area (Å²) in [6, 6.07) is 22.9. The Morgan fingerprint density at radius 1 is 0.818 bits per heavy atom. The molecule has 0 bridgehead atoms. The first-order valence-electron chi connectivity index (χ1n) is 10.6. The molecule has 1 N–H and O–H groups in total. The predicted octanol–water partition coefficient (Wildman–Crippen LogP) is 5.74. The average molecular weight is 440 g/mol. The van der Waals surface area contributed by atoms with Crippen molar-refractivity contribution >= 4 is 5.91 Å². The number of aryl methyl sites for hydroxylation is 1. The van der Waals surface area contributed by atoms with Gasteiger partial charge in [-0.25, -0.2) is 9.97 Å². The number of nitrogens with zero attached hydrogens (tertiary/aromatic N) is 2. The summed E-state index contributed by atoms with van der Waals surface area (Å²) in [5, 5.41) is 3.04. The molecule has 4 aromatic rings. The molecule has 166 valence electrons. The first-order valence-corrected chi connectivity index (χ1v) is 10.6. The van der Waals surface area contributed by atoms with Crippen LogP contribution in [0, 0.1) is 6.92 Å². The van der Waals surface area contributed by atoms with Gasteiger partial charge in [0.25, 0.3) is 5.91 Å². The normalized spacial score (nSPS) is 11.5. The highest BCUT2D eigenvalue weighted by molar-refractivity contribution is 5.94. The van der Waals surface area contributed by atoms with Gasteiger partial charge in [-0.1, -0.05) is 42.0 Å². The zero-order chi connectivity index (χ0) is 23.2. The molecule has 1 heterocycles. The van der Waals surface area contributed by atoms with Crippen molar-refractivity contribution < 1.29 is 14.3 Å². The fourth-order valence-corrected chi connectivity index (χ4v) is 3.30. The highest BCUT2D eigenvalue weighted by Gasteiger charge is 2.12. The molecule has 0 aliphatic heterocycles. The van der Waals surface area contributed by atoms with Crippen LogP contribution in [-0.2, 0) is 0 Å². The number of carbonyl (C=O) groups is 1. The van der Waals surface area contributed by atoms with E-state index in [0.717, 1.165) is 22.4 Å². The lowest BCUT2D eigenvalue weighted by Crippen LogP contribution is -2.26. The van der Waals surface area contributed by atoms with Gasteiger partial charge < -0.3 is 14.8 Å². The highest BCUT2D eigenvalue weighted by Crippen LogP contribution is 2.24. The van der Waals surface area contributed by atoms with Crippen LogP contribution in [0.4, 0.5) is 0 Å². The summed E-state index contributed by atoms with van der Waals surface area (Å²) in [4.78, 5) is 21.2. The minimum atomic E-state index is -0.117. The Hall–Kier alpha value is -4.19. The maximum atomic E-state index is 12.6. The Kier molecular flexibility index (Phi) is 6.64. The van der Waals surface area contributed by atoms with Gasteiger partial charge in [0.1, 0.15) is 11.5 Å². The average Bonchev–Trinajstić information content (AvgIpc) is 2.85. The molecule has 3 aromatic carbocycles. The summed E-state index contributed by atoms with van der Waals surface area (Å²) in [5.41, 5.74) is 4.60. The number of hydrogen-bond acceptors (Lipinski definition) is 5. The molecule has 1 atom stereocenters. The third-order valence-electron chi connectivity index (χ3n) is 5.30. The van der Waals surface area contributed by atoms with Gasteiger partial charge in [0.05, 0.1) is 13.2 Å². The van der Waals surface area contributed by atoms with E-state index in [-0.39, 0.29) is 18.0 Å². The fourth-order valence-electron chi connectivity index (χ4n) is 3.30. The summed E-state index contributed by atoms with van der Waals surface area (Å²) < 4.78 is 10.8. The number of hydrogen-bond donors (Lipinski definition) is 1. The first-order chi connectivity index (χ1) is 16.0. The van der Waals surface area contributed by atoms with Crippen molar-refractivity contribution in [3.05, 3.63) is 102 Å². The topological polar surface area (TPSA) is 73.3 Å². The van der Waals surface area contributed by atoms with Gasteiger partial charge >= 0.3 is 6.01 Å². The van der Waals surface area contributed by atoms with Crippen LogP contribution in [0.1, 0.15) is 34.5 Å². The molecule has 4 rings (SSSR count). The lowest BCUT2D eigenvalue weighted by molar-refractivity contribution is 0.0940. The zero-order valence-electron chi connectivity index (χ0n) is 18.8. The fraction of sp³-hybridized carbons (Fsp3) is 0.148. The van der Waals surface area contributed by atoms with Crippen molar-refractivity contribution in [3.8, 4) is 28.6 Å². The number of ether oxygens (including phenoxy) is 2. The van der Waals surface area contributed by atoms with Crippen LogP contribution in [0.5, 0.6) is 17.5 Å². The van der Waals surface area contributed by atoms with Crippen LogP contribution >= 0.6 is 0 Å². The summed E-state index contributed by atoms with van der Waals surface area (Å²) in [5.74, 6) is 1.26. The standard InChI is InChI=1S/C27H25N3O3/c1-18-4-6-20(7-5-18)19(2)30-26(31)22-10-8-21(9-11-22)23-16-28-27(29-17-23)33-25-14-12-24(32-3)13-15-25/h4-17,19H,1-3H3,(H,30,31)/t19-/m0/s1. The molecule has 0 spiro atoms. The minimum Gasteiger partial charge on any atom is -0.497 e. The molecule has 6 heteroatoms. The summed E-state index contributed by atoms with van der Waals surface area (Å²) >= 11 is 0. The molecule has 0 radical (unpaired) electrons. The van der Waals surface area contributed by atoms with Crippen LogP contribution in [0.3, 0.4) is 0 Å². The molecule has 0 saturated heterocycles. The SMILES string of the molecule is COc1ccc(Oc2ncc(-c3ccc(C(=O)N[C@@H](C)c4ccc(C)cc4)cc3)cn2)cc1. The van der Waals surface area contributed by atoms with E-state index in [0.29, 0.717) is 11.3 Å². The van der Waals surface area contributed by atoms with E-state index in [1.165, 1.54) is 5.56 Å². The quantitative estimate of drug-likeness (QED) is 0.397. The Balaban J connectivity index is 1.38. The minimum absolute atomic E-state index is 0.0792. The molecule has 0 saturated carbocycles. The Morgan fingerprint density at radius 3 is 2.03 bits per heavy atom. The van der Waals surface area contributed by atoms with Gasteiger partial charge in [-0.3, -0.25) is 4.79 Å². The molecule has 6 nitrogen and oxygen atoms in total. The Labute approximate surface area is 193 Å². The maximum Gasteiger partial charge on any atom is 0.321 e. The van der Waals surface area contributed by atoms with E-state index < -0.39 is 0 Å². The van der Waals surface area contributed by atoms with Gasteiger partial charge in [-0.15, -0.1) is 0 Å². The molecule has 0 fully saturated rings. The Bertz CT molecular complexity index is 1200. The van der Waals surface area contributed by atoms with Crippen molar-refractivity contribution in [2.75, 3.05) is 7.11 Å². The summed E-state index contributed by atoms with van der Waals surface area (Å²) in [6.07, 6.45) is 3.39. The van der Waals surface area contributed by atoms with E-state index in [1.54, 1.807) is 43.8 Å². The van der Waals surface area contributed by atoms with Crippen molar-refractivity contribution in [3.63, 3.8) is 0 Å². The van der Waals surface area contributed by atoms with E-state index >= 15 is 0 Å². The maximum absolute atomic E-state index is 12.6. The molecule has 1 amide bonds. The Morgan fingerprint density at radius 2 is 1.42 bits per heavy atom. The third kappa shape index (κ3) is 5.54. The van der Waals surface area contributed by atoms with Crippen LogP contribution in [0.15, 0.2) is 85.2 Å². The van der Waals surface area contributed by atoms with Crippen LogP contribution in [-0.4, -0.2) is 23.0 Å². The second-order valence-electron chi connectivity index (χ2n) is 7.72. The van der Waals surface area contributed by atoms with Crippen molar-refractivity contribution in [1.29, 1.82) is 0 Å². The van der Waals surface area contributed by atoms with E-state index in [9.17, 15) is 4.79 Å². The molecule has 1 aromatic heterocycles.